The zero-order valence-electron chi connectivity index (χ0n) is 4.12. The fourth-order valence-electron chi connectivity index (χ4n) is 0.354. The van der Waals surface area contributed by atoms with Gasteiger partial charge in [-0.3, -0.25) is 0 Å². The van der Waals surface area contributed by atoms with Gasteiger partial charge in [0, 0.05) is 0 Å². The van der Waals surface area contributed by atoms with E-state index >= 15 is 0 Å². The second-order valence-corrected chi connectivity index (χ2v) is 1.35. The van der Waals surface area contributed by atoms with E-state index in [9.17, 15) is 0 Å². The molecule has 0 spiro atoms. The molecule has 3 heteroatoms. The van der Waals surface area contributed by atoms with E-state index in [2.05, 4.69) is 14.7 Å². The zero-order chi connectivity index (χ0) is 4.12. The molecule has 0 heterocycles. The summed E-state index contributed by atoms with van der Waals surface area (Å²) >= 11 is 0. The molecule has 0 amide bonds. The maximum atomic E-state index is 2.21. The Kier molecular flexibility index (Phi) is 14.2. The lowest BCUT2D eigenvalue weighted by Crippen LogP contribution is -1.98. The molecule has 0 nitrogen and oxygen atoms in total. The van der Waals surface area contributed by atoms with Crippen molar-refractivity contribution in [3.05, 3.63) is 0 Å². The lowest BCUT2D eigenvalue weighted by atomic mass is 9.27. The molecule has 0 aromatic carbocycles. The summed E-state index contributed by atoms with van der Waals surface area (Å²) in [6, 6.07) is 0. The Balaban J connectivity index is 0. The third kappa shape index (κ3) is 8.89. The van der Waals surface area contributed by atoms with Crippen LogP contribution in [0.4, 0.5) is 0 Å². The van der Waals surface area contributed by atoms with Gasteiger partial charge in [0.25, 0.3) is 0 Å². The molecule has 0 fully saturated rings. The monoisotopic (exact) mass is 82.1 g/mol. The second kappa shape index (κ2) is 8.96. The molecule has 0 aromatic rings. The molecule has 34 valence electrons. The number of hydrogen-bond acceptors (Lipinski definition) is 0. The van der Waals surface area contributed by atoms with E-state index in [1.807, 2.05) is 0 Å². The lowest BCUT2D eigenvalue weighted by molar-refractivity contribution is 1.47. The Bertz CT molecular complexity index is 13.5. The van der Waals surface area contributed by atoms with Crippen molar-refractivity contribution in [2.75, 3.05) is 0 Å². The predicted molar refractivity (Wildman–Crippen MR) is 40.1 cm³/mol. The molecule has 0 radical (unpaired) electrons. The first-order valence-electron chi connectivity index (χ1n) is 2.41. The van der Waals surface area contributed by atoms with E-state index in [1.54, 1.807) is 0 Å². The molecular formula is C3H13B3. The van der Waals surface area contributed by atoms with E-state index in [0.717, 1.165) is 0 Å². The van der Waals surface area contributed by atoms with Crippen LogP contribution in [0.15, 0.2) is 0 Å². The maximum Gasteiger partial charge on any atom is 0.0776 e. The average Bonchev–Trinajstić information content (AvgIpc) is 1.41. The van der Waals surface area contributed by atoms with Crippen LogP contribution in [-0.2, 0) is 0 Å². The summed E-state index contributed by atoms with van der Waals surface area (Å²) in [7, 11) is 4.94. The lowest BCUT2D eigenvalue weighted by Gasteiger charge is -1.72. The quantitative estimate of drug-likeness (QED) is 0.390. The third-order valence-corrected chi connectivity index (χ3v) is 0.707. The Morgan fingerprint density at radius 2 is 2.17 bits per heavy atom. The van der Waals surface area contributed by atoms with Gasteiger partial charge in [0.05, 0.1) is 22.0 Å². The Labute approximate surface area is 43.6 Å². The van der Waals surface area contributed by atoms with Crippen LogP contribution < -0.4 is 0 Å². The molecule has 0 saturated carbocycles. The summed E-state index contributed by atoms with van der Waals surface area (Å²) in [6.45, 7) is 2.21. The van der Waals surface area contributed by atoms with Crippen molar-refractivity contribution in [2.24, 2.45) is 0 Å². The first-order chi connectivity index (χ1) is 2.41. The molecule has 0 saturated heterocycles. The van der Waals surface area contributed by atoms with Gasteiger partial charge in [0.1, 0.15) is 0 Å². The fraction of sp³-hybridized carbons (Fsp3) is 1.00. The molecule has 0 bridgehead atoms. The van der Waals surface area contributed by atoms with Crippen LogP contribution in [0.3, 0.4) is 0 Å². The highest BCUT2D eigenvalue weighted by molar-refractivity contribution is 7.23. The van der Waals surface area contributed by atoms with Crippen LogP contribution in [-0.4, -0.2) is 22.0 Å². The van der Waals surface area contributed by atoms with Crippen molar-refractivity contribution in [3.8, 4) is 0 Å². The van der Waals surface area contributed by atoms with E-state index in [-0.39, 0.29) is 7.43 Å². The predicted octanol–water partition coefficient (Wildman–Crippen LogP) is -0.603. The van der Waals surface area contributed by atoms with Crippen molar-refractivity contribution in [1.29, 1.82) is 0 Å². The molecule has 0 aromatic heterocycles. The van der Waals surface area contributed by atoms with Gasteiger partial charge in [-0.15, -0.1) is 0 Å². The second-order valence-electron chi connectivity index (χ2n) is 1.35. The van der Waals surface area contributed by atoms with Crippen molar-refractivity contribution >= 4 is 22.0 Å². The molecule has 0 atom stereocenters. The van der Waals surface area contributed by atoms with Gasteiger partial charge < -0.3 is 0 Å². The Morgan fingerprint density at radius 1 is 1.67 bits per heavy atom. The van der Waals surface area contributed by atoms with Crippen LogP contribution in [0.2, 0.25) is 6.32 Å². The largest absolute Gasteiger partial charge is 0.0881 e. The summed E-state index contributed by atoms with van der Waals surface area (Å²) < 4.78 is 0. The van der Waals surface area contributed by atoms with E-state index in [1.165, 1.54) is 20.6 Å². The standard InChI is InChI=1S/C2H9B3.CH4/c1-2-4-5-3;/h4-5H,2-3H2,1H3;1H4. The van der Waals surface area contributed by atoms with Gasteiger partial charge in [0.2, 0.25) is 0 Å². The van der Waals surface area contributed by atoms with Gasteiger partial charge in [-0.1, -0.05) is 20.7 Å². The fourth-order valence-corrected chi connectivity index (χ4v) is 0.354. The molecular weight excluding hydrogens is 68.5 g/mol. The van der Waals surface area contributed by atoms with E-state index < -0.39 is 0 Å². The molecule has 0 aliphatic rings. The summed E-state index contributed by atoms with van der Waals surface area (Å²) in [5.74, 6) is 0. The van der Waals surface area contributed by atoms with E-state index in [4.69, 9.17) is 0 Å². The van der Waals surface area contributed by atoms with Gasteiger partial charge in [-0.2, -0.15) is 0 Å². The van der Waals surface area contributed by atoms with Crippen LogP contribution in [0.5, 0.6) is 0 Å². The molecule has 6 heavy (non-hydrogen) atoms. The van der Waals surface area contributed by atoms with Crippen molar-refractivity contribution < 1.29 is 0 Å². The third-order valence-electron chi connectivity index (χ3n) is 0.707. The molecule has 0 unspecified atom stereocenters. The summed E-state index contributed by atoms with van der Waals surface area (Å²) in [4.78, 5) is 0. The first kappa shape index (κ1) is 9.50. The topological polar surface area (TPSA) is 0 Å². The van der Waals surface area contributed by atoms with Crippen molar-refractivity contribution in [2.45, 2.75) is 20.7 Å². The van der Waals surface area contributed by atoms with Crippen LogP contribution in [0.1, 0.15) is 14.4 Å². The highest BCUT2D eigenvalue weighted by Crippen LogP contribution is 1.63. The molecule has 0 aliphatic carbocycles. The van der Waals surface area contributed by atoms with Gasteiger partial charge in [0.15, 0.2) is 0 Å². The molecule has 0 N–H and O–H groups in total. The molecule has 0 aliphatic heterocycles. The summed E-state index contributed by atoms with van der Waals surface area (Å²) in [5.41, 5.74) is 0. The smallest absolute Gasteiger partial charge is 0.0776 e. The molecule has 0 rings (SSSR count). The number of rotatable bonds is 2. The Hall–Kier alpha value is 0.195. The van der Waals surface area contributed by atoms with Crippen LogP contribution >= 0.6 is 0 Å². The average molecular weight is 81.6 g/mol. The zero-order valence-corrected chi connectivity index (χ0v) is 4.12. The van der Waals surface area contributed by atoms with Crippen molar-refractivity contribution in [1.82, 2.24) is 0 Å². The van der Waals surface area contributed by atoms with E-state index in [0.29, 0.717) is 0 Å². The van der Waals surface area contributed by atoms with Crippen LogP contribution in [0.25, 0.3) is 0 Å². The Morgan fingerprint density at radius 3 is 2.17 bits per heavy atom. The van der Waals surface area contributed by atoms with Crippen LogP contribution in [0, 0.1) is 0 Å². The highest BCUT2D eigenvalue weighted by Gasteiger charge is 1.75. The minimum Gasteiger partial charge on any atom is -0.0881 e. The highest BCUT2D eigenvalue weighted by atomic mass is 13.3. The van der Waals surface area contributed by atoms with Gasteiger partial charge in [-0.05, 0) is 0 Å². The van der Waals surface area contributed by atoms with Crippen molar-refractivity contribution in [3.63, 3.8) is 0 Å². The number of hydrogen-bond donors (Lipinski definition) is 0. The SMILES string of the molecule is BBBCC.C. The maximum absolute atomic E-state index is 2.21. The van der Waals surface area contributed by atoms with Gasteiger partial charge >= 0.3 is 0 Å². The minimum absolute atomic E-state index is 0. The van der Waals surface area contributed by atoms with Gasteiger partial charge in [-0.25, -0.2) is 0 Å². The summed E-state index contributed by atoms with van der Waals surface area (Å²) in [6.07, 6.45) is 1.34. The minimum atomic E-state index is 0. The normalized spacial score (nSPS) is 5.50. The summed E-state index contributed by atoms with van der Waals surface area (Å²) in [5, 5.41) is 0. The first-order valence-corrected chi connectivity index (χ1v) is 2.41.